The number of nitrogens with zero attached hydrogens (tertiary/aromatic N) is 3. The van der Waals surface area contributed by atoms with Crippen LogP contribution in [-0.2, 0) is 27.1 Å². The number of hydrogen-bond donors (Lipinski definition) is 1. The highest BCUT2D eigenvalue weighted by molar-refractivity contribution is 6.29. The Morgan fingerprint density at radius 2 is 1.26 bits per heavy atom. The van der Waals surface area contributed by atoms with Crippen molar-refractivity contribution in [1.29, 1.82) is 0 Å². The molecule has 9 heteroatoms. The highest BCUT2D eigenvalue weighted by Gasteiger charge is 2.66. The lowest BCUT2D eigenvalue weighted by Gasteiger charge is -2.38. The van der Waals surface area contributed by atoms with Gasteiger partial charge in [0.1, 0.15) is 5.75 Å². The number of methoxy groups -OCH3 is 1. The van der Waals surface area contributed by atoms with Crippen molar-refractivity contribution in [2.75, 3.05) is 28.4 Å². The van der Waals surface area contributed by atoms with E-state index in [9.17, 15) is 14.7 Å². The largest absolute Gasteiger partial charge is 0.497 e. The van der Waals surface area contributed by atoms with Gasteiger partial charge in [0.05, 0.1) is 47.9 Å². The molecule has 62 heavy (non-hydrogen) atoms. The van der Waals surface area contributed by atoms with E-state index in [-0.39, 0.29) is 42.7 Å². The van der Waals surface area contributed by atoms with E-state index >= 15 is 4.79 Å². The zero-order chi connectivity index (χ0) is 42.7. The first-order chi connectivity index (χ1) is 30.1. The van der Waals surface area contributed by atoms with Gasteiger partial charge in [-0.15, -0.1) is 0 Å². The quantitative estimate of drug-likeness (QED) is 0.156. The topological polar surface area (TPSA) is 99.6 Å². The van der Waals surface area contributed by atoms with Crippen LogP contribution in [0.4, 0.5) is 28.4 Å². The minimum Gasteiger partial charge on any atom is -0.497 e. The van der Waals surface area contributed by atoms with Gasteiger partial charge < -0.3 is 19.5 Å². The molecule has 4 aliphatic rings. The monoisotopic (exact) mass is 819 g/mol. The molecule has 9 nitrogen and oxygen atoms in total. The summed E-state index contributed by atoms with van der Waals surface area (Å²) < 4.78 is 12.7. The average Bonchev–Trinajstić information content (AvgIpc) is 3.94. The summed E-state index contributed by atoms with van der Waals surface area (Å²) in [5, 5.41) is 14.4. The molecule has 1 fully saturated rings. The van der Waals surface area contributed by atoms with Crippen LogP contribution in [-0.4, -0.2) is 42.6 Å². The Morgan fingerprint density at radius 3 is 1.84 bits per heavy atom. The van der Waals surface area contributed by atoms with Gasteiger partial charge in [-0.2, -0.15) is 0 Å². The molecule has 0 radical (unpaired) electrons. The molecular formula is C53H45N3O6. The predicted molar refractivity (Wildman–Crippen MR) is 242 cm³/mol. The molecule has 1 spiro atoms. The number of anilines is 5. The first-order valence-electron chi connectivity index (χ1n) is 21.3. The third-order valence-electron chi connectivity index (χ3n) is 14.1. The molecule has 0 bridgehead atoms. The average molecular weight is 820 g/mol. The highest BCUT2D eigenvalue weighted by Crippen LogP contribution is 2.61. The van der Waals surface area contributed by atoms with E-state index in [0.717, 1.165) is 55.5 Å². The summed E-state index contributed by atoms with van der Waals surface area (Å²) in [6.07, 6.45) is -0.126. The van der Waals surface area contributed by atoms with Crippen LogP contribution in [0.2, 0.25) is 0 Å². The summed E-state index contributed by atoms with van der Waals surface area (Å²) in [5.41, 5.74) is 5.80. The number of carbonyl (C=O) groups is 3. The number of aliphatic hydroxyl groups is 1. The van der Waals surface area contributed by atoms with Crippen molar-refractivity contribution < 1.29 is 29.0 Å². The Labute approximate surface area is 359 Å². The lowest BCUT2D eigenvalue weighted by molar-refractivity contribution is -0.146. The number of benzene rings is 7. The third kappa shape index (κ3) is 5.25. The number of hydrogen-bond acceptors (Lipinski definition) is 6. The molecule has 0 aliphatic carbocycles. The van der Waals surface area contributed by atoms with Gasteiger partial charge >= 0.3 is 0 Å². The van der Waals surface area contributed by atoms with Crippen LogP contribution in [0.25, 0.3) is 21.5 Å². The van der Waals surface area contributed by atoms with Crippen molar-refractivity contribution in [2.45, 2.75) is 50.9 Å². The predicted octanol–water partition coefficient (Wildman–Crippen LogP) is 10.3. The van der Waals surface area contributed by atoms with Crippen molar-refractivity contribution in [1.82, 2.24) is 0 Å². The lowest BCUT2D eigenvalue weighted by Crippen LogP contribution is -2.45. The molecule has 4 atom stereocenters. The smallest absolute Gasteiger partial charge is 0.264 e. The van der Waals surface area contributed by atoms with Crippen molar-refractivity contribution in [3.05, 3.63) is 167 Å². The van der Waals surface area contributed by atoms with E-state index in [1.54, 1.807) is 16.9 Å². The molecule has 4 heterocycles. The molecule has 4 aliphatic heterocycles. The second-order valence-corrected chi connectivity index (χ2v) is 17.6. The zero-order valence-corrected chi connectivity index (χ0v) is 35.0. The number of carbonyl (C=O) groups excluding carboxylic acids is 3. The van der Waals surface area contributed by atoms with Crippen molar-refractivity contribution in [2.24, 2.45) is 11.8 Å². The molecule has 11 rings (SSSR count). The number of amides is 3. The molecule has 7 aromatic rings. The standard InChI is InChI=1S/C53H45N3O6/c1-31-48(52(2,3)35-19-24-38(61-4)25-20-35)45(27-28-57)62-53(31)41-29-37(56-44-16-8-12-34-10-6-14-40(47(34)44)50(56)59)23-26-42(41)54(51(53)60)30-32-17-21-36(22-18-32)55-43-15-7-11-33-9-5-13-39(46(33)43)49(55)58/h5-26,29,31,45,48,57H,27-28,30H2,1-4H3/t31-,45+,48-,53+/m1/s1. The van der Waals surface area contributed by atoms with Crippen LogP contribution in [0.3, 0.4) is 0 Å². The SMILES string of the molecule is COc1ccc(C(C)(C)[C@H]2[C@H](CCO)O[C@@]3(C(=O)N(Cc4ccc(N5C(=O)c6cccc7cccc5c67)cc4)c4ccc(N5C(=O)c6cccc7cccc5c67)cc43)[C@@H]2C)cc1. The number of fused-ring (bicyclic) bond motifs is 2. The minimum atomic E-state index is -1.42. The lowest BCUT2D eigenvalue weighted by atomic mass is 9.63. The van der Waals surface area contributed by atoms with Gasteiger partial charge in [-0.05, 0) is 100 Å². The van der Waals surface area contributed by atoms with Crippen LogP contribution in [0, 0.1) is 11.8 Å². The fraction of sp³-hybridized carbons (Fsp3) is 0.226. The Morgan fingerprint density at radius 1 is 0.694 bits per heavy atom. The fourth-order valence-electron chi connectivity index (χ4n) is 11.3. The summed E-state index contributed by atoms with van der Waals surface area (Å²) in [4.78, 5) is 48.9. The van der Waals surface area contributed by atoms with Crippen molar-refractivity contribution >= 4 is 67.7 Å². The molecule has 3 amide bonds. The van der Waals surface area contributed by atoms with Gasteiger partial charge in [-0.3, -0.25) is 24.2 Å². The van der Waals surface area contributed by atoms with Crippen molar-refractivity contribution in [3.8, 4) is 5.75 Å². The molecule has 0 saturated carbocycles. The molecular weight excluding hydrogens is 775 g/mol. The fourth-order valence-corrected chi connectivity index (χ4v) is 11.3. The van der Waals surface area contributed by atoms with Crippen LogP contribution < -0.4 is 19.4 Å². The highest BCUT2D eigenvalue weighted by atomic mass is 16.5. The molecule has 0 unspecified atom stereocenters. The van der Waals surface area contributed by atoms with Gasteiger partial charge in [0.2, 0.25) is 0 Å². The Balaban J connectivity index is 1.00. The maximum absolute atomic E-state index is 15.6. The van der Waals surface area contributed by atoms with Gasteiger partial charge in [-0.25, -0.2) is 0 Å². The van der Waals surface area contributed by atoms with Crippen LogP contribution in [0.5, 0.6) is 5.75 Å². The van der Waals surface area contributed by atoms with E-state index in [1.807, 2.05) is 132 Å². The number of aliphatic hydroxyl groups excluding tert-OH is 1. The van der Waals surface area contributed by atoms with E-state index in [0.29, 0.717) is 34.5 Å². The van der Waals surface area contributed by atoms with Crippen LogP contribution >= 0.6 is 0 Å². The molecule has 7 aromatic carbocycles. The van der Waals surface area contributed by atoms with Crippen LogP contribution in [0.1, 0.15) is 64.6 Å². The number of rotatable bonds is 9. The van der Waals surface area contributed by atoms with Gasteiger partial charge in [0.15, 0.2) is 5.60 Å². The summed E-state index contributed by atoms with van der Waals surface area (Å²) in [5.74, 6) is -0.180. The molecule has 0 aromatic heterocycles. The van der Waals surface area contributed by atoms with Crippen molar-refractivity contribution in [3.63, 3.8) is 0 Å². The maximum atomic E-state index is 15.6. The van der Waals surface area contributed by atoms with Gasteiger partial charge in [0.25, 0.3) is 17.7 Å². The van der Waals surface area contributed by atoms with E-state index in [1.165, 1.54) is 0 Å². The van der Waals surface area contributed by atoms with E-state index in [2.05, 4.69) is 32.9 Å². The first-order valence-corrected chi connectivity index (χ1v) is 21.3. The molecule has 1 saturated heterocycles. The second-order valence-electron chi connectivity index (χ2n) is 17.6. The molecule has 308 valence electrons. The third-order valence-corrected chi connectivity index (χ3v) is 14.1. The van der Waals surface area contributed by atoms with E-state index in [4.69, 9.17) is 9.47 Å². The summed E-state index contributed by atoms with van der Waals surface area (Å²) in [6, 6.07) is 45.2. The summed E-state index contributed by atoms with van der Waals surface area (Å²) in [7, 11) is 1.65. The second kappa shape index (κ2) is 13.9. The normalized spacial score (nSPS) is 21.3. The Kier molecular flexibility index (Phi) is 8.52. The van der Waals surface area contributed by atoms with E-state index < -0.39 is 17.1 Å². The Bertz CT molecular complexity index is 3000. The first kappa shape index (κ1) is 38.1. The summed E-state index contributed by atoms with van der Waals surface area (Å²) >= 11 is 0. The Hall–Kier alpha value is -6.81. The summed E-state index contributed by atoms with van der Waals surface area (Å²) in [6.45, 7) is 6.61. The zero-order valence-electron chi connectivity index (χ0n) is 35.0. The molecule has 1 N–H and O–H groups in total. The van der Waals surface area contributed by atoms with Gasteiger partial charge in [0, 0.05) is 46.2 Å². The van der Waals surface area contributed by atoms with Gasteiger partial charge in [-0.1, -0.05) is 93.6 Å². The minimum absolute atomic E-state index is 0.0707. The number of ether oxygens (including phenoxy) is 2. The maximum Gasteiger partial charge on any atom is 0.264 e. The van der Waals surface area contributed by atoms with Crippen LogP contribution in [0.15, 0.2) is 140 Å².